The second-order valence-electron chi connectivity index (χ2n) is 4.86. The predicted octanol–water partition coefficient (Wildman–Crippen LogP) is 1.33. The first-order valence-corrected chi connectivity index (χ1v) is 7.78. The molecule has 1 saturated heterocycles. The van der Waals surface area contributed by atoms with Gasteiger partial charge >= 0.3 is 10.8 Å². The van der Waals surface area contributed by atoms with Crippen molar-refractivity contribution in [1.82, 2.24) is 14.5 Å². The number of rotatable bonds is 3. The summed E-state index contributed by atoms with van der Waals surface area (Å²) in [6, 6.07) is 0. The van der Waals surface area contributed by atoms with Gasteiger partial charge in [-0.25, -0.2) is 0 Å². The van der Waals surface area contributed by atoms with Crippen LogP contribution in [-0.2, 0) is 14.3 Å². The highest BCUT2D eigenvalue weighted by atomic mass is 35.5. The third-order valence-corrected chi connectivity index (χ3v) is 4.62. The van der Waals surface area contributed by atoms with Gasteiger partial charge in [-0.15, -0.1) is 0 Å². The monoisotopic (exact) mass is 344 g/mol. The molecule has 3 heterocycles. The minimum absolute atomic E-state index is 0.00138. The number of halogens is 1. The fourth-order valence-electron chi connectivity index (χ4n) is 2.37. The van der Waals surface area contributed by atoms with Crippen LogP contribution in [0.15, 0.2) is 4.79 Å². The van der Waals surface area contributed by atoms with E-state index in [1.807, 2.05) is 0 Å². The molecule has 1 fully saturated rings. The van der Waals surface area contributed by atoms with Gasteiger partial charge in [-0.2, -0.15) is 9.97 Å². The Bertz CT molecular complexity index is 789. The molecule has 0 spiro atoms. The van der Waals surface area contributed by atoms with E-state index in [1.54, 1.807) is 0 Å². The number of carbonyl (C=O) groups is 1. The first-order valence-electron chi connectivity index (χ1n) is 6.58. The number of nitrogen functional groups attached to an aromatic ring is 1. The van der Waals surface area contributed by atoms with E-state index >= 15 is 0 Å². The van der Waals surface area contributed by atoms with Crippen molar-refractivity contribution in [3.63, 3.8) is 0 Å². The lowest BCUT2D eigenvalue weighted by molar-refractivity contribution is -0.145. The summed E-state index contributed by atoms with van der Waals surface area (Å²) >= 11 is 6.95. The molecule has 2 aromatic rings. The highest BCUT2D eigenvalue weighted by Gasteiger charge is 2.30. The quantitative estimate of drug-likeness (QED) is 0.660. The molecule has 0 saturated carbocycles. The molecule has 0 aliphatic carbocycles. The number of hydrogen-bond donors (Lipinski definition) is 1. The average molecular weight is 345 g/mol. The molecule has 0 unspecified atom stereocenters. The van der Waals surface area contributed by atoms with Crippen LogP contribution in [0.5, 0.6) is 0 Å². The molecule has 118 valence electrons. The molecule has 0 radical (unpaired) electrons. The fourth-order valence-corrected chi connectivity index (χ4v) is 3.49. The highest BCUT2D eigenvalue weighted by molar-refractivity contribution is 7.17. The zero-order valence-corrected chi connectivity index (χ0v) is 13.2. The van der Waals surface area contributed by atoms with Gasteiger partial charge in [0.1, 0.15) is 17.5 Å². The van der Waals surface area contributed by atoms with E-state index in [1.165, 1.54) is 11.5 Å². The van der Waals surface area contributed by atoms with Crippen molar-refractivity contribution in [2.45, 2.75) is 32.1 Å². The van der Waals surface area contributed by atoms with Crippen LogP contribution in [0.2, 0.25) is 5.15 Å². The Morgan fingerprint density at radius 2 is 2.32 bits per heavy atom. The number of anilines is 1. The Labute approximate surface area is 133 Å². The summed E-state index contributed by atoms with van der Waals surface area (Å²) in [5, 5.41) is 0.151. The second-order valence-corrected chi connectivity index (χ2v) is 6.18. The van der Waals surface area contributed by atoms with Gasteiger partial charge in [0, 0.05) is 6.92 Å². The zero-order chi connectivity index (χ0) is 15.9. The Balaban J connectivity index is 1.90. The minimum atomic E-state index is -0.479. The molecule has 1 aliphatic rings. The van der Waals surface area contributed by atoms with Crippen molar-refractivity contribution in [3.8, 4) is 0 Å². The summed E-state index contributed by atoms with van der Waals surface area (Å²) in [4.78, 5) is 30.7. The van der Waals surface area contributed by atoms with Crippen LogP contribution >= 0.6 is 22.9 Å². The lowest BCUT2D eigenvalue weighted by Gasteiger charge is -2.14. The largest absolute Gasteiger partial charge is 0.463 e. The summed E-state index contributed by atoms with van der Waals surface area (Å²) in [6.45, 7) is 1.51. The van der Waals surface area contributed by atoms with Crippen LogP contribution < -0.4 is 10.6 Å². The molecule has 8 nitrogen and oxygen atoms in total. The number of aromatic nitrogens is 3. The smallest absolute Gasteiger partial charge is 0.311 e. The van der Waals surface area contributed by atoms with E-state index in [0.29, 0.717) is 23.2 Å². The normalized spacial score (nSPS) is 21.4. The molecule has 3 rings (SSSR count). The summed E-state index contributed by atoms with van der Waals surface area (Å²) in [7, 11) is 0. The molecule has 2 aromatic heterocycles. The molecule has 10 heteroatoms. The number of nitrogens with zero attached hydrogens (tertiary/aromatic N) is 3. The van der Waals surface area contributed by atoms with Gasteiger partial charge in [-0.1, -0.05) is 22.9 Å². The molecule has 0 amide bonds. The first-order chi connectivity index (χ1) is 10.5. The van der Waals surface area contributed by atoms with Crippen LogP contribution in [0.1, 0.15) is 26.0 Å². The van der Waals surface area contributed by atoms with Crippen LogP contribution in [0, 0.1) is 0 Å². The molecule has 2 atom stereocenters. The summed E-state index contributed by atoms with van der Waals surface area (Å²) in [6.07, 6.45) is 0.562. The van der Waals surface area contributed by atoms with E-state index in [4.69, 9.17) is 26.8 Å². The number of nitrogens with two attached hydrogens (primary N) is 1. The van der Waals surface area contributed by atoms with Crippen molar-refractivity contribution in [2.24, 2.45) is 0 Å². The van der Waals surface area contributed by atoms with Gasteiger partial charge < -0.3 is 15.2 Å². The van der Waals surface area contributed by atoms with Gasteiger partial charge in [0.15, 0.2) is 10.8 Å². The van der Waals surface area contributed by atoms with Gasteiger partial charge in [-0.05, 0) is 12.8 Å². The number of thiazole rings is 1. The zero-order valence-electron chi connectivity index (χ0n) is 11.6. The Morgan fingerprint density at radius 1 is 1.55 bits per heavy atom. The maximum absolute atomic E-state index is 12.2. The first kappa shape index (κ1) is 15.2. The molecular weight excluding hydrogens is 332 g/mol. The second kappa shape index (κ2) is 5.82. The van der Waals surface area contributed by atoms with Gasteiger partial charge in [0.2, 0.25) is 5.95 Å². The Kier molecular flexibility index (Phi) is 4.02. The van der Waals surface area contributed by atoms with Gasteiger partial charge in [0.25, 0.3) is 0 Å². The van der Waals surface area contributed by atoms with E-state index in [-0.39, 0.29) is 34.7 Å². The van der Waals surface area contributed by atoms with E-state index in [9.17, 15) is 9.59 Å². The van der Waals surface area contributed by atoms with Crippen molar-refractivity contribution in [2.75, 3.05) is 12.3 Å². The summed E-state index contributed by atoms with van der Waals surface area (Å²) in [5.41, 5.74) is 5.96. The van der Waals surface area contributed by atoms with E-state index < -0.39 is 6.23 Å². The van der Waals surface area contributed by atoms with Crippen molar-refractivity contribution in [3.05, 3.63) is 14.8 Å². The lowest BCUT2D eigenvalue weighted by Crippen LogP contribution is -2.22. The maximum Gasteiger partial charge on any atom is 0.311 e. The summed E-state index contributed by atoms with van der Waals surface area (Å²) < 4.78 is 12.6. The van der Waals surface area contributed by atoms with Gasteiger partial charge in [0.05, 0.1) is 6.10 Å². The topological polar surface area (TPSA) is 109 Å². The number of esters is 1. The highest BCUT2D eigenvalue weighted by Crippen LogP contribution is 2.32. The number of hydrogen-bond acceptors (Lipinski definition) is 8. The van der Waals surface area contributed by atoms with Crippen LogP contribution in [0.4, 0.5) is 5.95 Å². The summed E-state index contributed by atoms with van der Waals surface area (Å²) in [5.74, 6) is -0.365. The number of carbonyl (C=O) groups excluding carboxylic acids is 1. The van der Waals surface area contributed by atoms with Crippen molar-refractivity contribution < 1.29 is 14.3 Å². The molecule has 1 aliphatic heterocycles. The SMILES string of the molecule is CC(=O)OC[C@@H]1CC[C@H](n2c(=O)sc3c(Cl)nc(N)nc32)O1. The minimum Gasteiger partial charge on any atom is -0.463 e. The lowest BCUT2D eigenvalue weighted by atomic mass is 10.2. The van der Waals surface area contributed by atoms with Crippen molar-refractivity contribution >= 4 is 45.2 Å². The van der Waals surface area contributed by atoms with Crippen LogP contribution in [-0.4, -0.2) is 33.2 Å². The predicted molar refractivity (Wildman–Crippen MR) is 80.9 cm³/mol. The van der Waals surface area contributed by atoms with E-state index in [2.05, 4.69) is 9.97 Å². The Morgan fingerprint density at radius 3 is 3.05 bits per heavy atom. The Hall–Kier alpha value is -1.71. The third kappa shape index (κ3) is 2.79. The van der Waals surface area contributed by atoms with Gasteiger partial charge in [-0.3, -0.25) is 14.2 Å². The number of fused-ring (bicyclic) bond motifs is 1. The molecule has 0 bridgehead atoms. The molecular formula is C12H13ClN4O4S. The maximum atomic E-state index is 12.2. The average Bonchev–Trinajstić information content (AvgIpc) is 3.00. The fraction of sp³-hybridized carbons (Fsp3) is 0.500. The molecule has 22 heavy (non-hydrogen) atoms. The third-order valence-electron chi connectivity index (χ3n) is 3.28. The standard InChI is InChI=1S/C12H13ClN4O4S/c1-5(18)20-4-6-2-3-7(21-6)17-10-8(22-12(17)19)9(13)15-11(14)16-10/h6-7H,2-4H2,1H3,(H2,14,15,16)/t6-,7+/m0/s1. The van der Waals surface area contributed by atoms with Crippen LogP contribution in [0.25, 0.3) is 10.3 Å². The number of ether oxygens (including phenoxy) is 2. The molecule has 2 N–H and O–H groups in total. The van der Waals surface area contributed by atoms with Crippen LogP contribution in [0.3, 0.4) is 0 Å². The van der Waals surface area contributed by atoms with E-state index in [0.717, 1.165) is 11.3 Å². The van der Waals surface area contributed by atoms with Crippen molar-refractivity contribution in [1.29, 1.82) is 0 Å². The molecule has 0 aromatic carbocycles.